The first-order valence-corrected chi connectivity index (χ1v) is 7.00. The van der Waals surface area contributed by atoms with E-state index < -0.39 is 0 Å². The van der Waals surface area contributed by atoms with Crippen molar-refractivity contribution < 1.29 is 4.74 Å². The fourth-order valence-corrected chi connectivity index (χ4v) is 3.03. The van der Waals surface area contributed by atoms with Gasteiger partial charge in [0, 0.05) is 31.7 Å². The Bertz CT molecular complexity index is 365. The van der Waals surface area contributed by atoms with Crippen molar-refractivity contribution in [2.24, 2.45) is 0 Å². The summed E-state index contributed by atoms with van der Waals surface area (Å²) in [6.45, 7) is 5.05. The van der Waals surface area contributed by atoms with Crippen molar-refractivity contribution in [3.63, 3.8) is 0 Å². The van der Waals surface area contributed by atoms with Crippen LogP contribution in [-0.4, -0.2) is 43.2 Å². The second kappa shape index (κ2) is 8.85. The Kier molecular flexibility index (Phi) is 7.85. The van der Waals surface area contributed by atoms with Gasteiger partial charge in [0.25, 0.3) is 0 Å². The molecular weight excluding hydrogens is 295 g/mol. The van der Waals surface area contributed by atoms with Crippen molar-refractivity contribution in [3.05, 3.63) is 35.9 Å². The molecule has 1 aromatic rings. The first-order valence-electron chi connectivity index (χ1n) is 7.00. The highest BCUT2D eigenvalue weighted by Crippen LogP contribution is 2.19. The molecule has 2 atom stereocenters. The van der Waals surface area contributed by atoms with Gasteiger partial charge in [-0.1, -0.05) is 30.3 Å². The van der Waals surface area contributed by atoms with E-state index >= 15 is 0 Å². The van der Waals surface area contributed by atoms with E-state index in [1.807, 2.05) is 6.07 Å². The van der Waals surface area contributed by atoms with Crippen LogP contribution in [0.2, 0.25) is 0 Å². The third-order valence-corrected chi connectivity index (χ3v) is 3.96. The molecule has 1 aromatic carbocycles. The SMILES string of the molecule is Cl.Cl.c1ccc(COCCN2CC3CCC(C2)N3)cc1. The van der Waals surface area contributed by atoms with Crippen LogP contribution >= 0.6 is 24.8 Å². The first kappa shape index (κ1) is 17.7. The maximum Gasteiger partial charge on any atom is 0.0717 e. The summed E-state index contributed by atoms with van der Waals surface area (Å²) in [5.74, 6) is 0. The van der Waals surface area contributed by atoms with Gasteiger partial charge in [0.1, 0.15) is 0 Å². The van der Waals surface area contributed by atoms with Gasteiger partial charge in [0.05, 0.1) is 13.2 Å². The Labute approximate surface area is 133 Å². The first-order chi connectivity index (χ1) is 8.90. The van der Waals surface area contributed by atoms with Gasteiger partial charge in [0.2, 0.25) is 0 Å². The highest BCUT2D eigenvalue weighted by atomic mass is 35.5. The molecule has 3 nitrogen and oxygen atoms in total. The maximum absolute atomic E-state index is 5.75. The van der Waals surface area contributed by atoms with Crippen LogP contribution in [0.3, 0.4) is 0 Å². The fourth-order valence-electron chi connectivity index (χ4n) is 3.03. The minimum absolute atomic E-state index is 0. The van der Waals surface area contributed by atoms with Gasteiger partial charge in [0.15, 0.2) is 0 Å². The van der Waals surface area contributed by atoms with Crippen molar-refractivity contribution in [1.82, 2.24) is 10.2 Å². The largest absolute Gasteiger partial charge is 0.375 e. The zero-order valence-corrected chi connectivity index (χ0v) is 13.3. The average molecular weight is 319 g/mol. The fraction of sp³-hybridized carbons (Fsp3) is 0.600. The topological polar surface area (TPSA) is 24.5 Å². The molecule has 2 saturated heterocycles. The third kappa shape index (κ3) is 4.90. The highest BCUT2D eigenvalue weighted by Gasteiger charge is 2.31. The highest BCUT2D eigenvalue weighted by molar-refractivity contribution is 5.85. The van der Waals surface area contributed by atoms with E-state index in [2.05, 4.69) is 34.5 Å². The number of nitrogens with zero attached hydrogens (tertiary/aromatic N) is 1. The summed E-state index contributed by atoms with van der Waals surface area (Å²) in [6.07, 6.45) is 2.71. The van der Waals surface area contributed by atoms with E-state index in [1.54, 1.807) is 0 Å². The molecule has 0 aromatic heterocycles. The van der Waals surface area contributed by atoms with Gasteiger partial charge in [-0.2, -0.15) is 0 Å². The molecule has 2 heterocycles. The number of nitrogens with one attached hydrogen (secondary N) is 1. The molecule has 0 saturated carbocycles. The van der Waals surface area contributed by atoms with Crippen LogP contribution in [0.1, 0.15) is 18.4 Å². The van der Waals surface area contributed by atoms with Crippen molar-refractivity contribution in [2.75, 3.05) is 26.2 Å². The number of hydrogen-bond donors (Lipinski definition) is 1. The molecule has 1 N–H and O–H groups in total. The molecule has 114 valence electrons. The summed E-state index contributed by atoms with van der Waals surface area (Å²) < 4.78 is 5.75. The molecule has 5 heteroatoms. The van der Waals surface area contributed by atoms with Crippen molar-refractivity contribution in [1.29, 1.82) is 0 Å². The van der Waals surface area contributed by atoms with Crippen LogP contribution in [0.15, 0.2) is 30.3 Å². The summed E-state index contributed by atoms with van der Waals surface area (Å²) in [5.41, 5.74) is 1.26. The maximum atomic E-state index is 5.75. The molecule has 3 rings (SSSR count). The van der Waals surface area contributed by atoms with Gasteiger partial charge in [-0.05, 0) is 18.4 Å². The van der Waals surface area contributed by atoms with Gasteiger partial charge in [-0.25, -0.2) is 0 Å². The summed E-state index contributed by atoms with van der Waals surface area (Å²) >= 11 is 0. The molecule has 20 heavy (non-hydrogen) atoms. The van der Waals surface area contributed by atoms with E-state index in [1.165, 1.54) is 31.5 Å². The average Bonchev–Trinajstić information content (AvgIpc) is 2.75. The normalized spacial score (nSPS) is 24.8. The van der Waals surface area contributed by atoms with Crippen LogP contribution in [0, 0.1) is 0 Å². The van der Waals surface area contributed by atoms with E-state index in [4.69, 9.17) is 4.74 Å². The molecule has 2 bridgehead atoms. The van der Waals surface area contributed by atoms with Gasteiger partial charge < -0.3 is 10.1 Å². The summed E-state index contributed by atoms with van der Waals surface area (Å²) in [7, 11) is 0. The lowest BCUT2D eigenvalue weighted by molar-refractivity contribution is 0.0811. The van der Waals surface area contributed by atoms with Crippen LogP contribution in [-0.2, 0) is 11.3 Å². The Morgan fingerprint density at radius 2 is 1.70 bits per heavy atom. The van der Waals surface area contributed by atoms with E-state index in [-0.39, 0.29) is 24.8 Å². The Balaban J connectivity index is 0.000001000. The monoisotopic (exact) mass is 318 g/mol. The second-order valence-electron chi connectivity index (χ2n) is 5.44. The minimum atomic E-state index is 0. The van der Waals surface area contributed by atoms with Crippen LogP contribution in [0.25, 0.3) is 0 Å². The van der Waals surface area contributed by atoms with Gasteiger partial charge in [-0.3, -0.25) is 4.90 Å². The molecule has 0 spiro atoms. The third-order valence-electron chi connectivity index (χ3n) is 3.96. The molecule has 2 aliphatic rings. The lowest BCUT2D eigenvalue weighted by atomic mass is 10.2. The minimum Gasteiger partial charge on any atom is -0.375 e. The molecular formula is C15H24Cl2N2O. The molecule has 0 aliphatic carbocycles. The number of fused-ring (bicyclic) bond motifs is 2. The summed E-state index contributed by atoms with van der Waals surface area (Å²) in [4.78, 5) is 2.55. The molecule has 2 unspecified atom stereocenters. The van der Waals surface area contributed by atoms with Crippen LogP contribution < -0.4 is 5.32 Å². The number of ether oxygens (including phenoxy) is 1. The molecule has 0 radical (unpaired) electrons. The van der Waals surface area contributed by atoms with Crippen molar-refractivity contribution in [2.45, 2.75) is 31.5 Å². The Morgan fingerprint density at radius 1 is 1.05 bits per heavy atom. The molecule has 0 amide bonds. The number of piperazine rings is 1. The molecule has 2 fully saturated rings. The Morgan fingerprint density at radius 3 is 2.35 bits per heavy atom. The second-order valence-corrected chi connectivity index (χ2v) is 5.44. The smallest absolute Gasteiger partial charge is 0.0717 e. The number of halogens is 2. The zero-order chi connectivity index (χ0) is 12.2. The van der Waals surface area contributed by atoms with Gasteiger partial charge >= 0.3 is 0 Å². The number of rotatable bonds is 5. The number of hydrogen-bond acceptors (Lipinski definition) is 3. The Hall–Kier alpha value is -0.320. The number of benzene rings is 1. The van der Waals surface area contributed by atoms with Crippen LogP contribution in [0.5, 0.6) is 0 Å². The number of likely N-dealkylation sites (tertiary alicyclic amines) is 1. The summed E-state index contributed by atoms with van der Waals surface area (Å²) in [6, 6.07) is 11.9. The predicted molar refractivity (Wildman–Crippen MR) is 87.0 cm³/mol. The lowest BCUT2D eigenvalue weighted by Crippen LogP contribution is -2.51. The van der Waals surface area contributed by atoms with E-state index in [9.17, 15) is 0 Å². The predicted octanol–water partition coefficient (Wildman–Crippen LogP) is 2.48. The zero-order valence-electron chi connectivity index (χ0n) is 11.7. The van der Waals surface area contributed by atoms with Crippen molar-refractivity contribution >= 4 is 24.8 Å². The van der Waals surface area contributed by atoms with E-state index in [0.29, 0.717) is 0 Å². The standard InChI is InChI=1S/C15H22N2O.2ClH/c1-2-4-13(5-3-1)12-18-9-8-17-10-14-6-7-15(11-17)16-14;;/h1-5,14-16H,6-12H2;2*1H. The quantitative estimate of drug-likeness (QED) is 0.844. The van der Waals surface area contributed by atoms with Crippen molar-refractivity contribution in [3.8, 4) is 0 Å². The molecule has 2 aliphatic heterocycles. The summed E-state index contributed by atoms with van der Waals surface area (Å²) in [5, 5.41) is 3.65. The van der Waals surface area contributed by atoms with Gasteiger partial charge in [-0.15, -0.1) is 24.8 Å². The lowest BCUT2D eigenvalue weighted by Gasteiger charge is -2.32. The van der Waals surface area contributed by atoms with Crippen LogP contribution in [0.4, 0.5) is 0 Å². The van der Waals surface area contributed by atoms with E-state index in [0.717, 1.165) is 31.8 Å².